The molecule has 2 nitrogen and oxygen atoms in total. The summed E-state index contributed by atoms with van der Waals surface area (Å²) in [5.74, 6) is 0.813. The van der Waals surface area contributed by atoms with E-state index in [9.17, 15) is 5.11 Å². The maximum absolute atomic E-state index is 10.2. The number of aliphatic hydroxyl groups is 1. The molecule has 0 heterocycles. The molecular formula is C16H17ClO2. The lowest BCUT2D eigenvalue weighted by molar-refractivity contribution is 0.174. The molecule has 1 unspecified atom stereocenters. The van der Waals surface area contributed by atoms with E-state index in [-0.39, 0.29) is 0 Å². The molecule has 0 aliphatic carbocycles. The lowest BCUT2D eigenvalue weighted by Crippen LogP contribution is -2.14. The van der Waals surface area contributed by atoms with E-state index in [0.717, 1.165) is 16.9 Å². The number of hydrogen-bond donors (Lipinski definition) is 1. The molecule has 0 saturated heterocycles. The molecular weight excluding hydrogens is 260 g/mol. The van der Waals surface area contributed by atoms with Gasteiger partial charge in [-0.2, -0.15) is 0 Å². The molecule has 0 amide bonds. The van der Waals surface area contributed by atoms with Gasteiger partial charge in [0.15, 0.2) is 0 Å². The van der Waals surface area contributed by atoms with E-state index in [4.69, 9.17) is 16.3 Å². The summed E-state index contributed by atoms with van der Waals surface area (Å²) in [6, 6.07) is 15.3. The average Bonchev–Trinajstić information content (AvgIpc) is 2.39. The molecule has 3 heteroatoms. The van der Waals surface area contributed by atoms with Gasteiger partial charge in [0.2, 0.25) is 0 Å². The predicted octanol–water partition coefficient (Wildman–Crippen LogP) is 3.49. The van der Waals surface area contributed by atoms with Crippen molar-refractivity contribution in [3.05, 3.63) is 64.7 Å². The maximum atomic E-state index is 10.2. The maximum Gasteiger partial charge on any atom is 0.122 e. The van der Waals surface area contributed by atoms with Crippen LogP contribution in [-0.4, -0.2) is 18.3 Å². The topological polar surface area (TPSA) is 29.5 Å². The molecule has 0 radical (unpaired) electrons. The molecule has 2 aromatic carbocycles. The van der Waals surface area contributed by atoms with Gasteiger partial charge in [0.05, 0.1) is 13.2 Å². The summed E-state index contributed by atoms with van der Waals surface area (Å²) in [7, 11) is 1.64. The van der Waals surface area contributed by atoms with E-state index < -0.39 is 6.10 Å². The van der Waals surface area contributed by atoms with Crippen LogP contribution in [0.4, 0.5) is 0 Å². The Balaban J connectivity index is 2.03. The van der Waals surface area contributed by atoms with Gasteiger partial charge in [-0.1, -0.05) is 41.9 Å². The highest BCUT2D eigenvalue weighted by atomic mass is 35.5. The van der Waals surface area contributed by atoms with Gasteiger partial charge >= 0.3 is 0 Å². The number of rotatable bonds is 5. The summed E-state index contributed by atoms with van der Waals surface area (Å²) < 4.78 is 5.28. The van der Waals surface area contributed by atoms with Gasteiger partial charge in [-0.05, 0) is 35.7 Å². The Hall–Kier alpha value is -1.51. The van der Waals surface area contributed by atoms with Crippen LogP contribution in [0.3, 0.4) is 0 Å². The van der Waals surface area contributed by atoms with Crippen molar-refractivity contribution in [1.29, 1.82) is 0 Å². The molecule has 1 N–H and O–H groups in total. The van der Waals surface area contributed by atoms with E-state index in [0.29, 0.717) is 17.9 Å². The van der Waals surface area contributed by atoms with E-state index >= 15 is 0 Å². The number of ether oxygens (including phenoxy) is 1. The molecule has 0 bridgehead atoms. The number of benzene rings is 2. The van der Waals surface area contributed by atoms with Crippen LogP contribution in [0, 0.1) is 0 Å². The van der Waals surface area contributed by atoms with Crippen LogP contribution in [0.25, 0.3) is 0 Å². The monoisotopic (exact) mass is 276 g/mol. The minimum Gasteiger partial charge on any atom is -0.496 e. The molecule has 0 aromatic heterocycles. The Morgan fingerprint density at radius 2 is 1.89 bits per heavy atom. The third-order valence-corrected chi connectivity index (χ3v) is 3.24. The predicted molar refractivity (Wildman–Crippen MR) is 77.9 cm³/mol. The average molecular weight is 277 g/mol. The molecule has 2 aromatic rings. The highest BCUT2D eigenvalue weighted by molar-refractivity contribution is 6.30. The SMILES string of the molecule is COc1ccccc1CC(O)Cc1cccc(Cl)c1. The smallest absolute Gasteiger partial charge is 0.122 e. The van der Waals surface area contributed by atoms with Crippen molar-refractivity contribution < 1.29 is 9.84 Å². The number of methoxy groups -OCH3 is 1. The molecule has 0 aliphatic heterocycles. The number of halogens is 1. The van der Waals surface area contributed by atoms with Gasteiger partial charge in [0.1, 0.15) is 5.75 Å². The fraction of sp³-hybridized carbons (Fsp3) is 0.250. The zero-order valence-corrected chi connectivity index (χ0v) is 11.6. The van der Waals surface area contributed by atoms with Crippen LogP contribution in [-0.2, 0) is 12.8 Å². The first kappa shape index (κ1) is 13.9. The Kier molecular flexibility index (Phi) is 4.83. The molecule has 1 atom stereocenters. The minimum absolute atomic E-state index is 0.449. The highest BCUT2D eigenvalue weighted by Gasteiger charge is 2.10. The van der Waals surface area contributed by atoms with Crippen molar-refractivity contribution in [3.8, 4) is 5.75 Å². The molecule has 2 rings (SSSR count). The van der Waals surface area contributed by atoms with Crippen LogP contribution in [0.5, 0.6) is 5.75 Å². The van der Waals surface area contributed by atoms with Crippen LogP contribution in [0.1, 0.15) is 11.1 Å². The summed E-state index contributed by atoms with van der Waals surface area (Å²) in [6.07, 6.45) is 0.699. The summed E-state index contributed by atoms with van der Waals surface area (Å²) >= 11 is 5.93. The molecule has 19 heavy (non-hydrogen) atoms. The van der Waals surface area contributed by atoms with Gasteiger partial charge in [-0.3, -0.25) is 0 Å². The van der Waals surface area contributed by atoms with E-state index in [1.54, 1.807) is 7.11 Å². The van der Waals surface area contributed by atoms with Crippen molar-refractivity contribution >= 4 is 11.6 Å². The van der Waals surface area contributed by atoms with Gasteiger partial charge in [0, 0.05) is 11.4 Å². The largest absolute Gasteiger partial charge is 0.496 e. The Morgan fingerprint density at radius 3 is 2.63 bits per heavy atom. The first-order chi connectivity index (χ1) is 9.19. The third-order valence-electron chi connectivity index (χ3n) is 3.01. The van der Waals surface area contributed by atoms with Crippen LogP contribution < -0.4 is 4.74 Å². The lowest BCUT2D eigenvalue weighted by atomic mass is 10.0. The summed E-state index contributed by atoms with van der Waals surface area (Å²) in [5.41, 5.74) is 2.05. The Morgan fingerprint density at radius 1 is 1.11 bits per heavy atom. The summed E-state index contributed by atoms with van der Waals surface area (Å²) in [5, 5.41) is 10.9. The van der Waals surface area contributed by atoms with Crippen molar-refractivity contribution in [1.82, 2.24) is 0 Å². The minimum atomic E-state index is -0.449. The fourth-order valence-electron chi connectivity index (χ4n) is 2.13. The van der Waals surface area contributed by atoms with Crippen molar-refractivity contribution in [2.45, 2.75) is 18.9 Å². The second-order valence-corrected chi connectivity index (χ2v) is 4.94. The second kappa shape index (κ2) is 6.60. The number of hydrogen-bond acceptors (Lipinski definition) is 2. The number of aliphatic hydroxyl groups excluding tert-OH is 1. The van der Waals surface area contributed by atoms with Crippen molar-refractivity contribution in [2.24, 2.45) is 0 Å². The van der Waals surface area contributed by atoms with Gasteiger partial charge in [-0.25, -0.2) is 0 Å². The van der Waals surface area contributed by atoms with E-state index in [2.05, 4.69) is 0 Å². The quantitative estimate of drug-likeness (QED) is 0.906. The summed E-state index contributed by atoms with van der Waals surface area (Å²) in [6.45, 7) is 0. The van der Waals surface area contributed by atoms with Gasteiger partial charge < -0.3 is 9.84 Å². The molecule has 100 valence electrons. The fourth-order valence-corrected chi connectivity index (χ4v) is 2.35. The van der Waals surface area contributed by atoms with Crippen molar-refractivity contribution in [3.63, 3.8) is 0 Å². The van der Waals surface area contributed by atoms with Crippen LogP contribution in [0.15, 0.2) is 48.5 Å². The molecule has 0 spiro atoms. The first-order valence-electron chi connectivity index (χ1n) is 6.23. The van der Waals surface area contributed by atoms with Gasteiger partial charge in [0.25, 0.3) is 0 Å². The lowest BCUT2D eigenvalue weighted by Gasteiger charge is -2.13. The van der Waals surface area contributed by atoms with E-state index in [1.165, 1.54) is 0 Å². The zero-order chi connectivity index (χ0) is 13.7. The second-order valence-electron chi connectivity index (χ2n) is 4.50. The van der Waals surface area contributed by atoms with E-state index in [1.807, 2.05) is 48.5 Å². The molecule has 0 aliphatic rings. The molecule has 0 fully saturated rings. The first-order valence-corrected chi connectivity index (χ1v) is 6.61. The normalized spacial score (nSPS) is 12.2. The molecule has 0 saturated carbocycles. The standard InChI is InChI=1S/C16H17ClO2/c1-19-16-8-3-2-6-13(16)11-15(18)10-12-5-4-7-14(17)9-12/h2-9,15,18H,10-11H2,1H3. The van der Waals surface area contributed by atoms with Crippen LogP contribution >= 0.6 is 11.6 Å². The summed E-state index contributed by atoms with van der Waals surface area (Å²) in [4.78, 5) is 0. The van der Waals surface area contributed by atoms with Crippen molar-refractivity contribution in [2.75, 3.05) is 7.11 Å². The zero-order valence-electron chi connectivity index (χ0n) is 10.8. The Labute approximate surface area is 118 Å². The Bertz CT molecular complexity index is 540. The third kappa shape index (κ3) is 3.98. The highest BCUT2D eigenvalue weighted by Crippen LogP contribution is 2.20. The van der Waals surface area contributed by atoms with Gasteiger partial charge in [-0.15, -0.1) is 0 Å². The number of para-hydroxylation sites is 1. The van der Waals surface area contributed by atoms with Crippen LogP contribution in [0.2, 0.25) is 5.02 Å².